The molecule has 2 heterocycles. The molecule has 1 saturated heterocycles. The molecule has 11 heteroatoms. The van der Waals surface area contributed by atoms with Crippen LogP contribution in [0.25, 0.3) is 5.69 Å². The van der Waals surface area contributed by atoms with Crippen LogP contribution < -0.4 is 0 Å². The van der Waals surface area contributed by atoms with Crippen LogP contribution in [0.15, 0.2) is 53.4 Å². The smallest absolute Gasteiger partial charge is 0.244 e. The zero-order valence-electron chi connectivity index (χ0n) is 15.3. The molecule has 0 N–H and O–H groups in total. The first-order valence-corrected chi connectivity index (χ1v) is 11.1. The van der Waals surface area contributed by atoms with Gasteiger partial charge in [-0.05, 0) is 46.8 Å². The predicted octanol–water partition coefficient (Wildman–Crippen LogP) is 2.48. The second-order valence-corrected chi connectivity index (χ2v) is 9.34. The van der Waals surface area contributed by atoms with Crippen LogP contribution in [-0.4, -0.2) is 64.0 Å². The zero-order chi connectivity index (χ0) is 20.4. The number of piperazine rings is 1. The Balaban J connectivity index is 1.43. The number of rotatable bonds is 5. The second-order valence-electron chi connectivity index (χ2n) is 6.59. The molecule has 29 heavy (non-hydrogen) atoms. The van der Waals surface area contributed by atoms with Crippen molar-refractivity contribution >= 4 is 33.2 Å². The summed E-state index contributed by atoms with van der Waals surface area (Å²) in [4.78, 5) is 2.26. The molecule has 0 radical (unpaired) electrons. The molecule has 4 rings (SSSR count). The van der Waals surface area contributed by atoms with Crippen LogP contribution in [0, 0.1) is 0 Å². The number of hydrogen-bond donors (Lipinski definition) is 0. The molecule has 0 aliphatic carbocycles. The van der Waals surface area contributed by atoms with E-state index in [1.54, 1.807) is 35.0 Å². The monoisotopic (exact) mass is 452 g/mol. The lowest BCUT2D eigenvalue weighted by Crippen LogP contribution is -2.48. The summed E-state index contributed by atoms with van der Waals surface area (Å²) in [5.41, 5.74) is 0.814. The van der Waals surface area contributed by atoms with E-state index in [1.165, 1.54) is 10.4 Å². The first-order chi connectivity index (χ1) is 13.9. The van der Waals surface area contributed by atoms with E-state index in [-0.39, 0.29) is 9.92 Å². The zero-order valence-corrected chi connectivity index (χ0v) is 17.6. The summed E-state index contributed by atoms with van der Waals surface area (Å²) in [6.07, 6.45) is 0. The van der Waals surface area contributed by atoms with Gasteiger partial charge in [-0.25, -0.2) is 8.42 Å². The lowest BCUT2D eigenvalue weighted by molar-refractivity contribution is 0.177. The maximum absolute atomic E-state index is 12.9. The number of aromatic nitrogens is 4. The van der Waals surface area contributed by atoms with Gasteiger partial charge >= 0.3 is 0 Å². The number of benzene rings is 2. The molecule has 0 atom stereocenters. The van der Waals surface area contributed by atoms with Crippen LogP contribution in [0.3, 0.4) is 0 Å². The van der Waals surface area contributed by atoms with Gasteiger partial charge in [0.15, 0.2) is 5.82 Å². The van der Waals surface area contributed by atoms with Crippen LogP contribution in [0.2, 0.25) is 10.0 Å². The fourth-order valence-corrected chi connectivity index (χ4v) is 5.25. The summed E-state index contributed by atoms with van der Waals surface area (Å²) in [5.74, 6) is 0.676. The summed E-state index contributed by atoms with van der Waals surface area (Å²) in [6, 6.07) is 13.7. The van der Waals surface area contributed by atoms with Gasteiger partial charge in [-0.15, -0.1) is 5.10 Å². The van der Waals surface area contributed by atoms with Crippen molar-refractivity contribution < 1.29 is 8.42 Å². The third-order valence-corrected chi connectivity index (χ3v) is 7.41. The molecule has 1 fully saturated rings. The summed E-state index contributed by atoms with van der Waals surface area (Å²) in [5, 5.41) is 12.8. The fourth-order valence-electron chi connectivity index (χ4n) is 3.21. The van der Waals surface area contributed by atoms with Crippen LogP contribution >= 0.6 is 23.2 Å². The van der Waals surface area contributed by atoms with E-state index in [1.807, 2.05) is 12.1 Å². The largest absolute Gasteiger partial charge is 0.293 e. The lowest BCUT2D eigenvalue weighted by Gasteiger charge is -2.33. The molecule has 0 spiro atoms. The predicted molar refractivity (Wildman–Crippen MR) is 110 cm³/mol. The Morgan fingerprint density at radius 2 is 1.62 bits per heavy atom. The van der Waals surface area contributed by atoms with Crippen molar-refractivity contribution in [3.05, 3.63) is 64.4 Å². The standard InChI is InChI=1S/C18H18Cl2N6O2S/c19-14-5-7-15(8-6-14)26-18(21-22-23-26)13-24-9-11-25(12-10-24)29(27,28)17-4-2-1-3-16(17)20/h1-8H,9-13H2. The van der Waals surface area contributed by atoms with E-state index in [0.717, 1.165) is 5.69 Å². The normalized spacial score (nSPS) is 16.2. The molecule has 1 aliphatic heterocycles. The number of halogens is 2. The Hall–Kier alpha value is -2.04. The Labute approximate surface area is 178 Å². The van der Waals surface area contributed by atoms with Crippen LogP contribution in [0.4, 0.5) is 0 Å². The molecule has 1 aromatic heterocycles. The highest BCUT2D eigenvalue weighted by Crippen LogP contribution is 2.25. The molecule has 0 bridgehead atoms. The van der Waals surface area contributed by atoms with Gasteiger partial charge in [-0.2, -0.15) is 8.99 Å². The Kier molecular flexibility index (Phi) is 5.84. The topological polar surface area (TPSA) is 84.2 Å². The molecule has 1 aliphatic rings. The van der Waals surface area contributed by atoms with Crippen molar-refractivity contribution in [2.45, 2.75) is 11.4 Å². The lowest BCUT2D eigenvalue weighted by atomic mass is 10.3. The average molecular weight is 453 g/mol. The Morgan fingerprint density at radius 1 is 0.931 bits per heavy atom. The van der Waals surface area contributed by atoms with Gasteiger partial charge in [0.2, 0.25) is 10.0 Å². The van der Waals surface area contributed by atoms with Crippen molar-refractivity contribution in [3.63, 3.8) is 0 Å². The molecule has 152 valence electrons. The molecule has 0 amide bonds. The van der Waals surface area contributed by atoms with Gasteiger partial charge < -0.3 is 0 Å². The van der Waals surface area contributed by atoms with Gasteiger partial charge in [0.05, 0.1) is 17.3 Å². The van der Waals surface area contributed by atoms with Crippen LogP contribution in [0.1, 0.15) is 5.82 Å². The highest BCUT2D eigenvalue weighted by molar-refractivity contribution is 7.89. The van der Waals surface area contributed by atoms with E-state index >= 15 is 0 Å². The van der Waals surface area contributed by atoms with Gasteiger partial charge in [-0.1, -0.05) is 35.3 Å². The summed E-state index contributed by atoms with van der Waals surface area (Å²) in [7, 11) is -3.62. The second kappa shape index (κ2) is 8.37. The van der Waals surface area contributed by atoms with Crippen molar-refractivity contribution in [3.8, 4) is 5.69 Å². The first-order valence-electron chi connectivity index (χ1n) is 8.95. The first kappa shape index (κ1) is 20.2. The number of tetrazole rings is 1. The summed E-state index contributed by atoms with van der Waals surface area (Å²) in [6.45, 7) is 2.38. The highest BCUT2D eigenvalue weighted by atomic mass is 35.5. The van der Waals surface area contributed by atoms with Crippen molar-refractivity contribution in [1.29, 1.82) is 0 Å². The molecular formula is C18H18Cl2N6O2S. The van der Waals surface area contributed by atoms with E-state index in [0.29, 0.717) is 43.6 Å². The summed E-state index contributed by atoms with van der Waals surface area (Å²) >= 11 is 12.0. The Morgan fingerprint density at radius 3 is 2.31 bits per heavy atom. The highest BCUT2D eigenvalue weighted by Gasteiger charge is 2.30. The SMILES string of the molecule is O=S(=O)(c1ccccc1Cl)N1CCN(Cc2nnnn2-c2ccc(Cl)cc2)CC1. The van der Waals surface area contributed by atoms with E-state index in [2.05, 4.69) is 20.4 Å². The molecule has 2 aromatic carbocycles. The maximum Gasteiger partial charge on any atom is 0.244 e. The van der Waals surface area contributed by atoms with E-state index < -0.39 is 10.0 Å². The van der Waals surface area contributed by atoms with Gasteiger partial charge in [0.1, 0.15) is 4.90 Å². The third-order valence-electron chi connectivity index (χ3n) is 4.76. The molecular weight excluding hydrogens is 435 g/mol. The van der Waals surface area contributed by atoms with Gasteiger partial charge in [0, 0.05) is 31.2 Å². The van der Waals surface area contributed by atoms with Crippen molar-refractivity contribution in [2.75, 3.05) is 26.2 Å². The maximum atomic E-state index is 12.9. The third kappa shape index (κ3) is 4.29. The van der Waals surface area contributed by atoms with E-state index in [9.17, 15) is 8.42 Å². The summed E-state index contributed by atoms with van der Waals surface area (Å²) < 4.78 is 28.9. The average Bonchev–Trinajstić information content (AvgIpc) is 3.17. The minimum absolute atomic E-state index is 0.141. The minimum Gasteiger partial charge on any atom is -0.293 e. The van der Waals surface area contributed by atoms with Crippen molar-refractivity contribution in [1.82, 2.24) is 29.4 Å². The number of nitrogens with zero attached hydrogens (tertiary/aromatic N) is 6. The molecule has 3 aromatic rings. The van der Waals surface area contributed by atoms with Gasteiger partial charge in [0.25, 0.3) is 0 Å². The Bertz CT molecular complexity index is 1100. The van der Waals surface area contributed by atoms with Crippen molar-refractivity contribution in [2.24, 2.45) is 0 Å². The molecule has 0 saturated carbocycles. The number of sulfonamides is 1. The molecule has 8 nitrogen and oxygen atoms in total. The number of hydrogen-bond acceptors (Lipinski definition) is 6. The van der Waals surface area contributed by atoms with E-state index in [4.69, 9.17) is 23.2 Å². The fraction of sp³-hybridized carbons (Fsp3) is 0.278. The quantitative estimate of drug-likeness (QED) is 0.590. The van der Waals surface area contributed by atoms with Crippen LogP contribution in [0.5, 0.6) is 0 Å². The molecule has 0 unspecified atom stereocenters. The van der Waals surface area contributed by atoms with Crippen LogP contribution in [-0.2, 0) is 16.6 Å². The van der Waals surface area contributed by atoms with Gasteiger partial charge in [-0.3, -0.25) is 4.90 Å². The minimum atomic E-state index is -3.62.